The van der Waals surface area contributed by atoms with Crippen molar-refractivity contribution in [3.8, 4) is 0 Å². The first kappa shape index (κ1) is 19.3. The smallest absolute Gasteiger partial charge is 0.263 e. The quantitative estimate of drug-likeness (QED) is 0.597. The maximum Gasteiger partial charge on any atom is 0.263 e. The van der Waals surface area contributed by atoms with Crippen LogP contribution in [0.3, 0.4) is 0 Å². The number of nitrogens with one attached hydrogen (secondary N) is 1. The molecule has 7 heteroatoms. The molecule has 138 valence electrons. The Bertz CT molecular complexity index is 1040. The minimum absolute atomic E-state index is 0.0859. The molecule has 0 aliphatic rings. The van der Waals surface area contributed by atoms with E-state index < -0.39 is 10.0 Å². The van der Waals surface area contributed by atoms with Crippen molar-refractivity contribution in [2.75, 3.05) is 4.72 Å². The highest BCUT2D eigenvalue weighted by molar-refractivity contribution is 9.10. The van der Waals surface area contributed by atoms with E-state index in [-0.39, 0.29) is 10.7 Å². The summed E-state index contributed by atoms with van der Waals surface area (Å²) in [5.41, 5.74) is 2.20. The number of benzene rings is 2. The molecule has 0 bridgehead atoms. The van der Waals surface area contributed by atoms with Gasteiger partial charge in [0.1, 0.15) is 10.7 Å². The van der Waals surface area contributed by atoms with Crippen LogP contribution in [-0.2, 0) is 27.7 Å². The predicted octanol–water partition coefficient (Wildman–Crippen LogP) is 4.00. The molecule has 0 atom stereocenters. The number of anilines is 1. The van der Waals surface area contributed by atoms with Gasteiger partial charge in [-0.05, 0) is 63.5 Å². The van der Waals surface area contributed by atoms with Crippen molar-refractivity contribution in [3.63, 3.8) is 0 Å². The van der Waals surface area contributed by atoms with E-state index in [1.807, 2.05) is 12.1 Å². The molecule has 0 spiro atoms. The first-order valence-electron chi connectivity index (χ1n) is 8.21. The van der Waals surface area contributed by atoms with Crippen molar-refractivity contribution in [2.24, 2.45) is 0 Å². The number of nitrogens with zero attached hydrogens (tertiary/aromatic N) is 1. The molecular weight excluding hydrogens is 428 g/mol. The number of carbonyl (C=O) groups is 1. The van der Waals surface area contributed by atoms with Crippen LogP contribution in [-0.4, -0.2) is 19.2 Å². The lowest BCUT2D eigenvalue weighted by Crippen LogP contribution is -2.13. The van der Waals surface area contributed by atoms with Gasteiger partial charge in [-0.2, -0.15) is 0 Å². The van der Waals surface area contributed by atoms with Crippen molar-refractivity contribution in [1.29, 1.82) is 0 Å². The van der Waals surface area contributed by atoms with Crippen molar-refractivity contribution >= 4 is 37.4 Å². The fraction of sp³-hybridized carbons (Fsp3) is 0.100. The van der Waals surface area contributed by atoms with Gasteiger partial charge in [-0.3, -0.25) is 14.5 Å². The van der Waals surface area contributed by atoms with Gasteiger partial charge < -0.3 is 0 Å². The molecule has 3 aromatic rings. The van der Waals surface area contributed by atoms with E-state index in [4.69, 9.17) is 0 Å². The van der Waals surface area contributed by atoms with Crippen LogP contribution in [0.4, 0.5) is 5.69 Å². The number of hydrogen-bond donors (Lipinski definition) is 1. The number of pyridine rings is 1. The van der Waals surface area contributed by atoms with Crippen molar-refractivity contribution in [3.05, 3.63) is 88.7 Å². The third kappa shape index (κ3) is 5.24. The molecule has 0 saturated carbocycles. The van der Waals surface area contributed by atoms with E-state index in [1.165, 1.54) is 6.07 Å². The van der Waals surface area contributed by atoms with Crippen LogP contribution in [0.2, 0.25) is 0 Å². The summed E-state index contributed by atoms with van der Waals surface area (Å²) in [7, 11) is -3.69. The van der Waals surface area contributed by atoms with E-state index in [0.717, 1.165) is 11.1 Å². The first-order chi connectivity index (χ1) is 12.9. The summed E-state index contributed by atoms with van der Waals surface area (Å²) in [6.45, 7) is 0. The molecule has 2 aromatic carbocycles. The van der Waals surface area contributed by atoms with Crippen molar-refractivity contribution in [1.82, 2.24) is 4.98 Å². The van der Waals surface area contributed by atoms with Gasteiger partial charge in [0.05, 0.1) is 0 Å². The Labute approximate surface area is 166 Å². The van der Waals surface area contributed by atoms with E-state index in [9.17, 15) is 13.2 Å². The maximum atomic E-state index is 12.5. The normalized spacial score (nSPS) is 11.1. The third-order valence-corrected chi connectivity index (χ3v) is 6.28. The number of Topliss-reactive ketones (excluding diaryl/α,β-unsaturated/α-hetero) is 1. The zero-order chi connectivity index (χ0) is 19.3. The second kappa shape index (κ2) is 8.45. The third-order valence-electron chi connectivity index (χ3n) is 3.88. The van der Waals surface area contributed by atoms with E-state index in [0.29, 0.717) is 23.0 Å². The lowest BCUT2D eigenvalue weighted by molar-refractivity contribution is -0.117. The highest BCUT2D eigenvalue weighted by atomic mass is 79.9. The average Bonchev–Trinajstić information content (AvgIpc) is 2.64. The molecule has 0 unspecified atom stereocenters. The predicted molar refractivity (Wildman–Crippen MR) is 108 cm³/mol. The van der Waals surface area contributed by atoms with E-state index in [2.05, 4.69) is 25.6 Å². The minimum atomic E-state index is -3.69. The van der Waals surface area contributed by atoms with Crippen LogP contribution >= 0.6 is 15.9 Å². The highest BCUT2D eigenvalue weighted by Gasteiger charge is 2.17. The number of aromatic nitrogens is 1. The minimum Gasteiger partial charge on any atom is -0.299 e. The molecule has 0 amide bonds. The van der Waals surface area contributed by atoms with Crippen LogP contribution in [0.15, 0.2) is 82.4 Å². The molecule has 0 saturated heterocycles. The number of carbonyl (C=O) groups excluding carboxylic acids is 1. The molecule has 1 N–H and O–H groups in total. The lowest BCUT2D eigenvalue weighted by Gasteiger charge is -2.10. The fourth-order valence-corrected chi connectivity index (χ4v) is 4.64. The van der Waals surface area contributed by atoms with E-state index >= 15 is 0 Å². The van der Waals surface area contributed by atoms with Gasteiger partial charge in [0.2, 0.25) is 0 Å². The van der Waals surface area contributed by atoms with Crippen LogP contribution in [0, 0.1) is 0 Å². The molecule has 1 aromatic heterocycles. The number of ketones is 1. The van der Waals surface area contributed by atoms with E-state index in [1.54, 1.807) is 54.9 Å². The summed E-state index contributed by atoms with van der Waals surface area (Å²) < 4.78 is 28.0. The molecule has 0 fully saturated rings. The first-order valence-corrected chi connectivity index (χ1v) is 10.5. The van der Waals surface area contributed by atoms with Gasteiger partial charge in [-0.25, -0.2) is 8.42 Å². The number of halogens is 1. The SMILES string of the molecule is O=C(Cc1ccncc1)Cc1ccc(NS(=O)(=O)c2ccccc2Br)cc1. The Hall–Kier alpha value is -2.51. The van der Waals surface area contributed by atoms with Gasteiger partial charge in [0.25, 0.3) is 10.0 Å². The summed E-state index contributed by atoms with van der Waals surface area (Å²) in [5, 5.41) is 0. The molecule has 1 heterocycles. The van der Waals surface area contributed by atoms with Gasteiger partial charge in [-0.15, -0.1) is 0 Å². The summed E-state index contributed by atoms with van der Waals surface area (Å²) >= 11 is 3.25. The Kier molecular flexibility index (Phi) is 6.03. The number of hydrogen-bond acceptors (Lipinski definition) is 4. The second-order valence-electron chi connectivity index (χ2n) is 5.98. The van der Waals surface area contributed by atoms with Crippen molar-refractivity contribution in [2.45, 2.75) is 17.7 Å². The molecule has 0 aliphatic carbocycles. The topological polar surface area (TPSA) is 76.1 Å². The second-order valence-corrected chi connectivity index (χ2v) is 8.49. The largest absolute Gasteiger partial charge is 0.299 e. The van der Waals surface area contributed by atoms with Crippen molar-refractivity contribution < 1.29 is 13.2 Å². The van der Waals surface area contributed by atoms with Crippen LogP contribution in [0.25, 0.3) is 0 Å². The number of sulfonamides is 1. The monoisotopic (exact) mass is 444 g/mol. The summed E-state index contributed by atoms with van der Waals surface area (Å²) in [4.78, 5) is 16.3. The number of rotatable bonds is 7. The zero-order valence-corrected chi connectivity index (χ0v) is 16.7. The summed E-state index contributed by atoms with van der Waals surface area (Å²) in [5.74, 6) is 0.0859. The van der Waals surface area contributed by atoms with Crippen LogP contribution < -0.4 is 4.72 Å². The molecule has 3 rings (SSSR count). The summed E-state index contributed by atoms with van der Waals surface area (Å²) in [6.07, 6.45) is 3.96. The van der Waals surface area contributed by atoms with Gasteiger partial charge in [-0.1, -0.05) is 24.3 Å². The molecule has 0 radical (unpaired) electrons. The van der Waals surface area contributed by atoms with Crippen LogP contribution in [0.5, 0.6) is 0 Å². The maximum absolute atomic E-state index is 12.5. The highest BCUT2D eigenvalue weighted by Crippen LogP contribution is 2.24. The molecular formula is C20H17BrN2O3S. The van der Waals surface area contributed by atoms with Gasteiger partial charge >= 0.3 is 0 Å². The standard InChI is InChI=1S/C20H17BrN2O3S/c21-19-3-1-2-4-20(19)27(25,26)23-17-7-5-15(6-8-17)13-18(24)14-16-9-11-22-12-10-16/h1-12,23H,13-14H2. The Morgan fingerprint density at radius 1 is 0.889 bits per heavy atom. The Balaban J connectivity index is 1.65. The van der Waals surface area contributed by atoms with Gasteiger partial charge in [0, 0.05) is 35.4 Å². The van der Waals surface area contributed by atoms with Gasteiger partial charge in [0.15, 0.2) is 0 Å². The Morgan fingerprint density at radius 3 is 2.11 bits per heavy atom. The van der Waals surface area contributed by atoms with Crippen LogP contribution in [0.1, 0.15) is 11.1 Å². The average molecular weight is 445 g/mol. The fourth-order valence-electron chi connectivity index (χ4n) is 2.58. The molecule has 27 heavy (non-hydrogen) atoms. The zero-order valence-electron chi connectivity index (χ0n) is 14.3. The summed E-state index contributed by atoms with van der Waals surface area (Å²) in [6, 6.07) is 17.1. The Morgan fingerprint density at radius 2 is 1.48 bits per heavy atom. The molecule has 5 nitrogen and oxygen atoms in total. The molecule has 0 aliphatic heterocycles. The lowest BCUT2D eigenvalue weighted by atomic mass is 10.0.